The van der Waals surface area contributed by atoms with Crippen LogP contribution < -0.4 is 5.32 Å². The molecule has 104 valence electrons. The summed E-state index contributed by atoms with van der Waals surface area (Å²) in [4.78, 5) is 22.5. The summed E-state index contributed by atoms with van der Waals surface area (Å²) in [5.74, 6) is -0.299. The highest BCUT2D eigenvalue weighted by Crippen LogP contribution is 2.20. The van der Waals surface area contributed by atoms with Gasteiger partial charge in [0.05, 0.1) is 4.92 Å². The number of rotatable bonds is 5. The molecular formula is C13H17BrN2O3. The smallest absolute Gasteiger partial charge is 0.273 e. The average molecular weight is 329 g/mol. The molecule has 0 heterocycles. The Labute approximate surface area is 120 Å². The number of hydrogen-bond donors (Lipinski definition) is 1. The number of aryl methyl sites for hydroxylation is 1. The van der Waals surface area contributed by atoms with Crippen molar-refractivity contribution in [2.24, 2.45) is 0 Å². The van der Waals surface area contributed by atoms with E-state index in [4.69, 9.17) is 0 Å². The topological polar surface area (TPSA) is 72.2 Å². The second kappa shape index (κ2) is 6.14. The number of halogens is 1. The number of carbonyl (C=O) groups excluding carboxylic acids is 1. The van der Waals surface area contributed by atoms with Crippen LogP contribution in [0.1, 0.15) is 36.2 Å². The standard InChI is InChI=1S/C13H17BrN2O3/c1-4-13(3,8-14)15-12(17)10-6-5-9(2)11(7-10)16(18)19/h5-7H,4,8H2,1-3H3,(H,15,17). The third kappa shape index (κ3) is 3.76. The predicted molar refractivity (Wildman–Crippen MR) is 77.8 cm³/mol. The zero-order valence-corrected chi connectivity index (χ0v) is 12.8. The van der Waals surface area contributed by atoms with Crippen LogP contribution in [0.15, 0.2) is 18.2 Å². The van der Waals surface area contributed by atoms with Gasteiger partial charge in [-0.1, -0.05) is 28.9 Å². The SMILES string of the molecule is CCC(C)(CBr)NC(=O)c1ccc(C)c([N+](=O)[O-])c1. The first-order valence-electron chi connectivity index (χ1n) is 5.96. The van der Waals surface area contributed by atoms with Crippen LogP contribution in [0.25, 0.3) is 0 Å². The fourth-order valence-corrected chi connectivity index (χ4v) is 2.05. The van der Waals surface area contributed by atoms with Gasteiger partial charge in [-0.15, -0.1) is 0 Å². The van der Waals surface area contributed by atoms with Crippen LogP contribution in [0.2, 0.25) is 0 Å². The van der Waals surface area contributed by atoms with E-state index in [1.54, 1.807) is 19.1 Å². The molecule has 0 aliphatic rings. The highest BCUT2D eigenvalue weighted by molar-refractivity contribution is 9.09. The van der Waals surface area contributed by atoms with Crippen LogP contribution in [0.3, 0.4) is 0 Å². The van der Waals surface area contributed by atoms with Crippen molar-refractivity contribution in [3.05, 3.63) is 39.4 Å². The molecular weight excluding hydrogens is 312 g/mol. The Bertz CT molecular complexity index is 499. The highest BCUT2D eigenvalue weighted by Gasteiger charge is 2.24. The second-order valence-corrected chi connectivity index (χ2v) is 5.32. The Morgan fingerprint density at radius 3 is 2.63 bits per heavy atom. The monoisotopic (exact) mass is 328 g/mol. The Morgan fingerprint density at radius 2 is 2.16 bits per heavy atom. The van der Waals surface area contributed by atoms with Crippen molar-refractivity contribution in [2.45, 2.75) is 32.7 Å². The minimum atomic E-state index is -0.477. The lowest BCUT2D eigenvalue weighted by Crippen LogP contribution is -2.46. The number of nitro groups is 1. The largest absolute Gasteiger partial charge is 0.346 e. The van der Waals surface area contributed by atoms with Crippen LogP contribution in [0, 0.1) is 17.0 Å². The molecule has 0 fully saturated rings. The molecule has 0 aromatic heterocycles. The van der Waals surface area contributed by atoms with Gasteiger partial charge in [0.1, 0.15) is 0 Å². The van der Waals surface area contributed by atoms with Crippen molar-refractivity contribution in [1.29, 1.82) is 0 Å². The van der Waals surface area contributed by atoms with Crippen LogP contribution in [-0.4, -0.2) is 21.7 Å². The molecule has 0 aliphatic carbocycles. The maximum atomic E-state index is 12.1. The molecule has 0 saturated carbocycles. The van der Waals surface area contributed by atoms with Gasteiger partial charge in [-0.25, -0.2) is 0 Å². The maximum absolute atomic E-state index is 12.1. The third-order valence-corrected chi connectivity index (χ3v) is 4.40. The molecule has 0 spiro atoms. The van der Waals surface area contributed by atoms with Gasteiger partial charge in [0.2, 0.25) is 0 Å². The van der Waals surface area contributed by atoms with E-state index < -0.39 is 4.92 Å². The van der Waals surface area contributed by atoms with Gasteiger partial charge in [0, 0.05) is 28.1 Å². The highest BCUT2D eigenvalue weighted by atomic mass is 79.9. The fourth-order valence-electron chi connectivity index (χ4n) is 1.51. The molecule has 1 atom stereocenters. The maximum Gasteiger partial charge on any atom is 0.273 e. The number of nitrogens with one attached hydrogen (secondary N) is 1. The summed E-state index contributed by atoms with van der Waals surface area (Å²) in [5, 5.41) is 14.4. The molecule has 6 heteroatoms. The third-order valence-electron chi connectivity index (χ3n) is 3.16. The fraction of sp³-hybridized carbons (Fsp3) is 0.462. The van der Waals surface area contributed by atoms with Gasteiger partial charge in [-0.05, 0) is 26.3 Å². The van der Waals surface area contributed by atoms with Gasteiger partial charge >= 0.3 is 0 Å². The Morgan fingerprint density at radius 1 is 1.53 bits per heavy atom. The minimum Gasteiger partial charge on any atom is -0.346 e. The van der Waals surface area contributed by atoms with Crippen LogP contribution in [0.5, 0.6) is 0 Å². The predicted octanol–water partition coefficient (Wildman–Crippen LogP) is 3.20. The molecule has 1 aromatic rings. The van der Waals surface area contributed by atoms with Crippen molar-refractivity contribution in [3.8, 4) is 0 Å². The number of alkyl halides is 1. The van der Waals surface area contributed by atoms with Gasteiger partial charge in [0.15, 0.2) is 0 Å². The van der Waals surface area contributed by atoms with Gasteiger partial charge in [0.25, 0.3) is 11.6 Å². The Kier molecular flexibility index (Phi) is 5.05. The molecule has 1 amide bonds. The van der Waals surface area contributed by atoms with E-state index in [0.717, 1.165) is 6.42 Å². The Hall–Kier alpha value is -1.43. The summed E-state index contributed by atoms with van der Waals surface area (Å²) < 4.78 is 0. The molecule has 1 aromatic carbocycles. The van der Waals surface area contributed by atoms with Crippen molar-refractivity contribution in [2.75, 3.05) is 5.33 Å². The van der Waals surface area contributed by atoms with E-state index in [1.807, 2.05) is 13.8 Å². The van der Waals surface area contributed by atoms with Crippen LogP contribution in [-0.2, 0) is 0 Å². The van der Waals surface area contributed by atoms with Crippen molar-refractivity contribution >= 4 is 27.5 Å². The molecule has 1 rings (SSSR count). The van der Waals surface area contributed by atoms with E-state index in [1.165, 1.54) is 6.07 Å². The first kappa shape index (κ1) is 15.6. The van der Waals surface area contributed by atoms with Gasteiger partial charge < -0.3 is 5.32 Å². The summed E-state index contributed by atoms with van der Waals surface area (Å²) in [6, 6.07) is 4.50. The summed E-state index contributed by atoms with van der Waals surface area (Å²) >= 11 is 3.36. The lowest BCUT2D eigenvalue weighted by Gasteiger charge is -2.27. The number of carbonyl (C=O) groups is 1. The molecule has 0 bridgehead atoms. The molecule has 0 saturated heterocycles. The first-order chi connectivity index (χ1) is 8.83. The molecule has 1 unspecified atom stereocenters. The minimum absolute atomic E-state index is 0.0373. The lowest BCUT2D eigenvalue weighted by atomic mass is 10.0. The van der Waals surface area contributed by atoms with Crippen molar-refractivity contribution in [3.63, 3.8) is 0 Å². The summed E-state index contributed by atoms with van der Waals surface area (Å²) in [6.07, 6.45) is 0.762. The van der Waals surface area contributed by atoms with E-state index in [0.29, 0.717) is 16.5 Å². The van der Waals surface area contributed by atoms with Crippen molar-refractivity contribution < 1.29 is 9.72 Å². The molecule has 0 radical (unpaired) electrons. The number of benzene rings is 1. The first-order valence-corrected chi connectivity index (χ1v) is 7.08. The van der Waals surface area contributed by atoms with Crippen LogP contribution in [0.4, 0.5) is 5.69 Å². The average Bonchev–Trinajstić information content (AvgIpc) is 2.38. The molecule has 1 N–H and O–H groups in total. The molecule has 5 nitrogen and oxygen atoms in total. The van der Waals surface area contributed by atoms with E-state index >= 15 is 0 Å². The molecule has 0 aliphatic heterocycles. The quantitative estimate of drug-likeness (QED) is 0.512. The second-order valence-electron chi connectivity index (χ2n) is 4.76. The van der Waals surface area contributed by atoms with Crippen molar-refractivity contribution in [1.82, 2.24) is 5.32 Å². The normalized spacial score (nSPS) is 13.7. The van der Waals surface area contributed by atoms with Gasteiger partial charge in [-0.2, -0.15) is 0 Å². The van der Waals surface area contributed by atoms with E-state index in [2.05, 4.69) is 21.2 Å². The zero-order chi connectivity index (χ0) is 14.6. The van der Waals surface area contributed by atoms with Crippen LogP contribution >= 0.6 is 15.9 Å². The number of nitrogens with zero attached hydrogens (tertiary/aromatic N) is 1. The lowest BCUT2D eigenvalue weighted by molar-refractivity contribution is -0.385. The molecule has 19 heavy (non-hydrogen) atoms. The van der Waals surface area contributed by atoms with Gasteiger partial charge in [-0.3, -0.25) is 14.9 Å². The van der Waals surface area contributed by atoms with E-state index in [-0.39, 0.29) is 17.1 Å². The summed E-state index contributed by atoms with van der Waals surface area (Å²) in [7, 11) is 0. The Balaban J connectivity index is 3.01. The zero-order valence-electron chi connectivity index (χ0n) is 11.2. The number of hydrogen-bond acceptors (Lipinski definition) is 3. The number of nitro benzene ring substituents is 1. The number of amides is 1. The van der Waals surface area contributed by atoms with E-state index in [9.17, 15) is 14.9 Å². The summed E-state index contributed by atoms with van der Waals surface area (Å²) in [6.45, 7) is 5.54. The summed E-state index contributed by atoms with van der Waals surface area (Å²) in [5.41, 5.74) is 0.444.